The fourth-order valence-corrected chi connectivity index (χ4v) is 8.86. The first-order chi connectivity index (χ1) is 26.1. The molecule has 1 unspecified atom stereocenters. The van der Waals surface area contributed by atoms with Crippen LogP contribution in [0.5, 0.6) is 0 Å². The van der Waals surface area contributed by atoms with Crippen LogP contribution in [0.2, 0.25) is 0 Å². The van der Waals surface area contributed by atoms with Gasteiger partial charge in [-0.3, -0.25) is 0 Å². The van der Waals surface area contributed by atoms with Crippen LogP contribution in [0, 0.1) is 0 Å². The maximum atomic E-state index is 2.45. The molecular weight excluding hydrogens is 641 g/mol. The fourth-order valence-electron chi connectivity index (χ4n) is 8.86. The van der Waals surface area contributed by atoms with Gasteiger partial charge >= 0.3 is 0 Å². The van der Waals surface area contributed by atoms with Crippen molar-refractivity contribution in [2.75, 3.05) is 4.90 Å². The van der Waals surface area contributed by atoms with Crippen LogP contribution in [0.4, 0.5) is 17.1 Å². The van der Waals surface area contributed by atoms with E-state index >= 15 is 0 Å². The van der Waals surface area contributed by atoms with Crippen LogP contribution in [0.15, 0.2) is 188 Å². The molecule has 0 radical (unpaired) electrons. The number of allylic oxidation sites excluding steroid dienone is 4. The van der Waals surface area contributed by atoms with Crippen LogP contribution < -0.4 is 4.90 Å². The second-order valence-corrected chi connectivity index (χ2v) is 14.9. The van der Waals surface area contributed by atoms with Crippen molar-refractivity contribution in [2.24, 2.45) is 0 Å². The first kappa shape index (κ1) is 31.4. The minimum Gasteiger partial charge on any atom is -0.310 e. The summed E-state index contributed by atoms with van der Waals surface area (Å²) in [6.07, 6.45) is 9.92. The Balaban J connectivity index is 1.18. The molecule has 0 fully saturated rings. The Hall–Kier alpha value is -6.38. The van der Waals surface area contributed by atoms with Crippen molar-refractivity contribution < 1.29 is 0 Å². The number of para-hydroxylation sites is 3. The van der Waals surface area contributed by atoms with Crippen molar-refractivity contribution in [2.45, 2.75) is 31.6 Å². The van der Waals surface area contributed by atoms with E-state index in [0.29, 0.717) is 5.92 Å². The molecule has 53 heavy (non-hydrogen) atoms. The number of nitrogens with zero attached hydrogens (tertiary/aromatic N) is 2. The minimum absolute atomic E-state index is 0.0783. The molecule has 2 nitrogen and oxygen atoms in total. The van der Waals surface area contributed by atoms with Gasteiger partial charge < -0.3 is 9.47 Å². The molecule has 0 aliphatic heterocycles. The smallest absolute Gasteiger partial charge is 0.0561 e. The minimum atomic E-state index is -0.0783. The zero-order valence-corrected chi connectivity index (χ0v) is 30.1. The molecule has 10 rings (SSSR count). The zero-order chi connectivity index (χ0) is 35.5. The van der Waals surface area contributed by atoms with Gasteiger partial charge in [-0.2, -0.15) is 0 Å². The summed E-state index contributed by atoms with van der Waals surface area (Å²) in [7, 11) is 0. The average molecular weight is 681 g/mol. The maximum absolute atomic E-state index is 2.45. The predicted octanol–water partition coefficient (Wildman–Crippen LogP) is 13.8. The Morgan fingerprint density at radius 3 is 2.08 bits per heavy atom. The van der Waals surface area contributed by atoms with Gasteiger partial charge in [0, 0.05) is 44.7 Å². The van der Waals surface area contributed by atoms with Gasteiger partial charge in [0.25, 0.3) is 0 Å². The number of fused-ring (bicyclic) bond motifs is 6. The van der Waals surface area contributed by atoms with E-state index in [4.69, 9.17) is 0 Å². The van der Waals surface area contributed by atoms with Gasteiger partial charge in [-0.25, -0.2) is 0 Å². The van der Waals surface area contributed by atoms with E-state index in [0.717, 1.165) is 29.2 Å². The molecule has 1 atom stereocenters. The molecule has 0 bridgehead atoms. The Labute approximate surface area is 311 Å². The SMILES string of the molecule is CC1(C)c2ccccc2-c2ccc(-c3ccccc3N(c3ccc(C4C=CC=CC4)cc3)c3ccc4c5ccccc5n(-c5ccccc5)c4c3)cc21. The highest BCUT2D eigenvalue weighted by Crippen LogP contribution is 2.51. The highest BCUT2D eigenvalue weighted by Gasteiger charge is 2.35. The highest BCUT2D eigenvalue weighted by atomic mass is 15.1. The van der Waals surface area contributed by atoms with Gasteiger partial charge in [0.2, 0.25) is 0 Å². The first-order valence-corrected chi connectivity index (χ1v) is 18.7. The van der Waals surface area contributed by atoms with Gasteiger partial charge in [0.05, 0.1) is 16.7 Å². The normalized spacial score (nSPS) is 15.5. The van der Waals surface area contributed by atoms with E-state index in [-0.39, 0.29) is 5.41 Å². The molecule has 2 heteroatoms. The van der Waals surface area contributed by atoms with Gasteiger partial charge in [-0.05, 0) is 94.4 Å². The number of aromatic nitrogens is 1. The summed E-state index contributed by atoms with van der Waals surface area (Å²) < 4.78 is 2.41. The van der Waals surface area contributed by atoms with Crippen LogP contribution in [0.1, 0.15) is 42.9 Å². The van der Waals surface area contributed by atoms with E-state index < -0.39 is 0 Å². The summed E-state index contributed by atoms with van der Waals surface area (Å²) in [5.74, 6) is 0.395. The summed E-state index contributed by atoms with van der Waals surface area (Å²) in [4.78, 5) is 2.45. The Morgan fingerprint density at radius 1 is 0.547 bits per heavy atom. The quantitative estimate of drug-likeness (QED) is 0.170. The van der Waals surface area contributed by atoms with Crippen molar-refractivity contribution in [1.29, 1.82) is 0 Å². The van der Waals surface area contributed by atoms with Crippen LogP contribution in [-0.2, 0) is 5.41 Å². The number of hydrogen-bond acceptors (Lipinski definition) is 1. The van der Waals surface area contributed by atoms with E-state index in [2.05, 4.69) is 211 Å². The Bertz CT molecular complexity index is 2730. The molecule has 0 N–H and O–H groups in total. The van der Waals surface area contributed by atoms with E-state index in [1.807, 2.05) is 0 Å². The third kappa shape index (κ3) is 5.09. The first-order valence-electron chi connectivity index (χ1n) is 18.7. The molecule has 2 aliphatic carbocycles. The number of rotatable bonds is 6. The summed E-state index contributed by atoms with van der Waals surface area (Å²) in [5, 5.41) is 2.50. The Morgan fingerprint density at radius 2 is 1.25 bits per heavy atom. The zero-order valence-electron chi connectivity index (χ0n) is 30.1. The molecular formula is C51H40N2. The topological polar surface area (TPSA) is 8.17 Å². The maximum Gasteiger partial charge on any atom is 0.0561 e. The van der Waals surface area contributed by atoms with Gasteiger partial charge in [0.15, 0.2) is 0 Å². The Kier molecular flexibility index (Phi) is 7.33. The summed E-state index contributed by atoms with van der Waals surface area (Å²) in [5.41, 5.74) is 16.1. The van der Waals surface area contributed by atoms with Crippen LogP contribution in [0.25, 0.3) is 49.7 Å². The molecule has 0 spiro atoms. The van der Waals surface area contributed by atoms with Crippen molar-refractivity contribution in [3.05, 3.63) is 205 Å². The second-order valence-electron chi connectivity index (χ2n) is 14.9. The van der Waals surface area contributed by atoms with Crippen molar-refractivity contribution in [3.8, 4) is 27.9 Å². The van der Waals surface area contributed by atoms with Crippen LogP contribution >= 0.6 is 0 Å². The molecule has 0 amide bonds. The number of benzene rings is 7. The standard InChI is InChI=1S/C51H40N2/c1-51(2)46-22-12-9-20-42(46)43-31-27-37(33-47(43)51)41-19-10-13-23-48(41)52(39-28-25-36(26-29-39)35-15-5-3-6-16-35)40-30-32-45-44-21-11-14-24-49(44)53(50(45)34-40)38-17-7-4-8-18-38/h3-15,17-35H,16H2,1-2H3. The van der Waals surface area contributed by atoms with E-state index in [1.165, 1.54) is 60.8 Å². The number of hydrogen-bond donors (Lipinski definition) is 0. The van der Waals surface area contributed by atoms with E-state index in [9.17, 15) is 0 Å². The summed E-state index contributed by atoms with van der Waals surface area (Å²) in [6.45, 7) is 4.72. The lowest BCUT2D eigenvalue weighted by atomic mass is 9.81. The van der Waals surface area contributed by atoms with Crippen molar-refractivity contribution >= 4 is 38.9 Å². The summed E-state index contributed by atoms with van der Waals surface area (Å²) >= 11 is 0. The molecule has 2 aliphatic rings. The second kappa shape index (κ2) is 12.4. The van der Waals surface area contributed by atoms with Crippen molar-refractivity contribution in [3.63, 3.8) is 0 Å². The molecule has 1 aromatic heterocycles. The third-order valence-electron chi connectivity index (χ3n) is 11.5. The molecule has 0 saturated carbocycles. The molecule has 254 valence electrons. The lowest BCUT2D eigenvalue weighted by molar-refractivity contribution is 0.660. The van der Waals surface area contributed by atoms with Crippen LogP contribution in [-0.4, -0.2) is 4.57 Å². The van der Waals surface area contributed by atoms with Gasteiger partial charge in [-0.1, -0.05) is 147 Å². The fraction of sp³-hybridized carbons (Fsp3) is 0.0980. The van der Waals surface area contributed by atoms with E-state index in [1.54, 1.807) is 0 Å². The monoisotopic (exact) mass is 680 g/mol. The molecule has 1 heterocycles. The van der Waals surface area contributed by atoms with Crippen molar-refractivity contribution in [1.82, 2.24) is 4.57 Å². The third-order valence-corrected chi connectivity index (χ3v) is 11.5. The van der Waals surface area contributed by atoms with Gasteiger partial charge in [-0.15, -0.1) is 0 Å². The lowest BCUT2D eigenvalue weighted by Crippen LogP contribution is -2.15. The molecule has 0 saturated heterocycles. The molecule has 8 aromatic rings. The van der Waals surface area contributed by atoms with Crippen LogP contribution in [0.3, 0.4) is 0 Å². The highest BCUT2D eigenvalue weighted by molar-refractivity contribution is 6.10. The average Bonchev–Trinajstić information content (AvgIpc) is 3.67. The van der Waals surface area contributed by atoms with Gasteiger partial charge in [0.1, 0.15) is 0 Å². The predicted molar refractivity (Wildman–Crippen MR) is 224 cm³/mol. The summed E-state index contributed by atoms with van der Waals surface area (Å²) in [6, 6.07) is 60.6. The molecule has 7 aromatic carbocycles. The largest absolute Gasteiger partial charge is 0.310 e. The number of anilines is 3. The lowest BCUT2D eigenvalue weighted by Gasteiger charge is -2.29.